The zero-order valence-corrected chi connectivity index (χ0v) is 12.2. The Bertz CT molecular complexity index is 604. The molecule has 1 aromatic carbocycles. The third-order valence-corrected chi connectivity index (χ3v) is 4.35. The van der Waals surface area contributed by atoms with Crippen LogP contribution in [0.1, 0.15) is 17.7 Å². The number of H-pyrrole nitrogens is 1. The van der Waals surface area contributed by atoms with Gasteiger partial charge < -0.3 is 5.11 Å². The van der Waals surface area contributed by atoms with E-state index < -0.39 is 5.60 Å². The maximum atomic E-state index is 10.6. The van der Waals surface area contributed by atoms with Gasteiger partial charge in [-0.1, -0.05) is 29.3 Å². The lowest BCUT2D eigenvalue weighted by atomic mass is 10.00. The third kappa shape index (κ3) is 2.67. The van der Waals surface area contributed by atoms with Crippen molar-refractivity contribution in [3.8, 4) is 0 Å². The summed E-state index contributed by atoms with van der Waals surface area (Å²) in [4.78, 5) is 2.16. The Balaban J connectivity index is 1.70. The lowest BCUT2D eigenvalue weighted by Crippen LogP contribution is -2.31. The fraction of sp³-hybridized carbons (Fsp3) is 0.385. The molecule has 1 unspecified atom stereocenters. The molecular formula is C13H14Cl2N4O. The minimum Gasteiger partial charge on any atom is -0.382 e. The number of hydrogen-bond acceptors (Lipinski definition) is 4. The SMILES string of the molecule is OC1(c2cn[nH]n2)CCN(Cc2ccc(Cl)c(Cl)c2)C1. The van der Waals surface area contributed by atoms with Crippen molar-refractivity contribution < 1.29 is 5.11 Å². The molecule has 0 aliphatic carbocycles. The molecule has 1 aliphatic heterocycles. The molecular weight excluding hydrogens is 299 g/mol. The monoisotopic (exact) mass is 312 g/mol. The van der Waals surface area contributed by atoms with Crippen LogP contribution in [0, 0.1) is 0 Å². The summed E-state index contributed by atoms with van der Waals surface area (Å²) in [5, 5.41) is 22.0. The fourth-order valence-corrected chi connectivity index (χ4v) is 2.86. The molecule has 7 heteroatoms. The zero-order valence-electron chi connectivity index (χ0n) is 10.7. The molecule has 106 valence electrons. The Morgan fingerprint density at radius 1 is 1.35 bits per heavy atom. The first-order valence-electron chi connectivity index (χ1n) is 6.32. The van der Waals surface area contributed by atoms with Gasteiger partial charge in [-0.3, -0.25) is 4.90 Å². The summed E-state index contributed by atoms with van der Waals surface area (Å²) in [5.41, 5.74) is 0.737. The van der Waals surface area contributed by atoms with Crippen LogP contribution in [0.15, 0.2) is 24.4 Å². The highest BCUT2D eigenvalue weighted by Crippen LogP contribution is 2.31. The molecule has 0 radical (unpaired) electrons. The Morgan fingerprint density at radius 2 is 2.20 bits per heavy atom. The van der Waals surface area contributed by atoms with E-state index in [9.17, 15) is 5.11 Å². The van der Waals surface area contributed by atoms with Crippen LogP contribution in [0.2, 0.25) is 10.0 Å². The molecule has 5 nitrogen and oxygen atoms in total. The summed E-state index contributed by atoms with van der Waals surface area (Å²) >= 11 is 11.9. The van der Waals surface area contributed by atoms with E-state index in [1.54, 1.807) is 12.3 Å². The van der Waals surface area contributed by atoms with E-state index in [-0.39, 0.29) is 0 Å². The topological polar surface area (TPSA) is 65.0 Å². The molecule has 1 aliphatic rings. The van der Waals surface area contributed by atoms with Crippen LogP contribution in [0.4, 0.5) is 0 Å². The van der Waals surface area contributed by atoms with E-state index in [0.29, 0.717) is 28.7 Å². The van der Waals surface area contributed by atoms with Crippen LogP contribution in [-0.2, 0) is 12.1 Å². The van der Waals surface area contributed by atoms with E-state index in [2.05, 4.69) is 20.3 Å². The van der Waals surface area contributed by atoms with Crippen LogP contribution in [0.5, 0.6) is 0 Å². The van der Waals surface area contributed by atoms with Gasteiger partial charge in [0.15, 0.2) is 0 Å². The minimum absolute atomic E-state index is 0.528. The molecule has 0 saturated carbocycles. The molecule has 0 bridgehead atoms. The highest BCUT2D eigenvalue weighted by molar-refractivity contribution is 6.42. The predicted molar refractivity (Wildman–Crippen MR) is 76.6 cm³/mol. The van der Waals surface area contributed by atoms with Gasteiger partial charge in [0.1, 0.15) is 11.3 Å². The average Bonchev–Trinajstić information content (AvgIpc) is 3.05. The van der Waals surface area contributed by atoms with E-state index in [1.807, 2.05) is 12.1 Å². The maximum Gasteiger partial charge on any atom is 0.124 e. The van der Waals surface area contributed by atoms with Crippen molar-refractivity contribution >= 4 is 23.2 Å². The number of aliphatic hydroxyl groups is 1. The Hall–Kier alpha value is -1.14. The number of β-amino-alcohol motifs (C(OH)–C–C–N with tert-alkyl or cyclic N) is 1. The summed E-state index contributed by atoms with van der Waals surface area (Å²) in [7, 11) is 0. The van der Waals surface area contributed by atoms with Crippen LogP contribution in [0.25, 0.3) is 0 Å². The number of benzene rings is 1. The highest BCUT2D eigenvalue weighted by atomic mass is 35.5. The standard InChI is InChI=1S/C13H14Cl2N4O/c14-10-2-1-9(5-11(10)15)7-19-4-3-13(20,8-19)12-6-16-18-17-12/h1-2,5-6,20H,3-4,7-8H2,(H,16,17,18). The van der Waals surface area contributed by atoms with Crippen molar-refractivity contribution in [3.05, 3.63) is 45.7 Å². The lowest BCUT2D eigenvalue weighted by molar-refractivity contribution is 0.0409. The molecule has 0 amide bonds. The van der Waals surface area contributed by atoms with Crippen LogP contribution < -0.4 is 0 Å². The number of rotatable bonds is 3. The highest BCUT2D eigenvalue weighted by Gasteiger charge is 2.39. The Labute approximate surface area is 126 Å². The van der Waals surface area contributed by atoms with Crippen molar-refractivity contribution in [1.82, 2.24) is 20.3 Å². The summed E-state index contributed by atoms with van der Waals surface area (Å²) in [6.45, 7) is 2.04. The van der Waals surface area contributed by atoms with E-state index in [4.69, 9.17) is 23.2 Å². The first kappa shape index (κ1) is 13.8. The van der Waals surface area contributed by atoms with Gasteiger partial charge in [-0.05, 0) is 24.1 Å². The number of likely N-dealkylation sites (tertiary alicyclic amines) is 1. The summed E-state index contributed by atoms with van der Waals surface area (Å²) in [6.07, 6.45) is 2.21. The van der Waals surface area contributed by atoms with E-state index >= 15 is 0 Å². The Kier molecular flexibility index (Phi) is 3.69. The van der Waals surface area contributed by atoms with Crippen molar-refractivity contribution in [2.24, 2.45) is 0 Å². The molecule has 1 atom stereocenters. The van der Waals surface area contributed by atoms with E-state index in [1.165, 1.54) is 0 Å². The second-order valence-corrected chi connectivity index (χ2v) is 5.91. The van der Waals surface area contributed by atoms with Crippen LogP contribution in [-0.4, -0.2) is 38.5 Å². The first-order valence-corrected chi connectivity index (χ1v) is 7.07. The summed E-state index contributed by atoms with van der Waals surface area (Å²) in [5.74, 6) is 0. The minimum atomic E-state index is -0.927. The largest absolute Gasteiger partial charge is 0.382 e. The van der Waals surface area contributed by atoms with Gasteiger partial charge in [-0.25, -0.2) is 0 Å². The van der Waals surface area contributed by atoms with Crippen LogP contribution in [0.3, 0.4) is 0 Å². The number of nitrogens with zero attached hydrogens (tertiary/aromatic N) is 3. The number of hydrogen-bond donors (Lipinski definition) is 2. The Morgan fingerprint density at radius 3 is 2.90 bits per heavy atom. The average molecular weight is 313 g/mol. The molecule has 1 saturated heterocycles. The van der Waals surface area contributed by atoms with Gasteiger partial charge in [-0.2, -0.15) is 15.4 Å². The second-order valence-electron chi connectivity index (χ2n) is 5.10. The summed E-state index contributed by atoms with van der Waals surface area (Å²) in [6, 6.07) is 5.60. The second kappa shape index (κ2) is 5.33. The van der Waals surface area contributed by atoms with Crippen molar-refractivity contribution in [2.45, 2.75) is 18.6 Å². The summed E-state index contributed by atoms with van der Waals surface area (Å²) < 4.78 is 0. The molecule has 2 N–H and O–H groups in total. The zero-order chi connectivity index (χ0) is 14.2. The normalized spacial score (nSPS) is 23.4. The van der Waals surface area contributed by atoms with E-state index in [0.717, 1.165) is 18.7 Å². The lowest BCUT2D eigenvalue weighted by Gasteiger charge is -2.21. The quantitative estimate of drug-likeness (QED) is 0.912. The molecule has 20 heavy (non-hydrogen) atoms. The van der Waals surface area contributed by atoms with Gasteiger partial charge in [0.2, 0.25) is 0 Å². The van der Waals surface area contributed by atoms with Crippen LogP contribution >= 0.6 is 23.2 Å². The number of aromatic nitrogens is 3. The predicted octanol–water partition coefficient (Wildman–Crippen LogP) is 2.21. The molecule has 0 spiro atoms. The maximum absolute atomic E-state index is 10.6. The number of nitrogens with one attached hydrogen (secondary N) is 1. The first-order chi connectivity index (χ1) is 9.57. The molecule has 2 heterocycles. The molecule has 1 fully saturated rings. The van der Waals surface area contributed by atoms with Crippen molar-refractivity contribution in [2.75, 3.05) is 13.1 Å². The van der Waals surface area contributed by atoms with Gasteiger partial charge in [0.05, 0.1) is 16.2 Å². The molecule has 3 rings (SSSR count). The number of aromatic amines is 1. The fourth-order valence-electron chi connectivity index (χ4n) is 2.54. The number of halogens is 2. The van der Waals surface area contributed by atoms with Gasteiger partial charge >= 0.3 is 0 Å². The van der Waals surface area contributed by atoms with Gasteiger partial charge in [-0.15, -0.1) is 0 Å². The smallest absolute Gasteiger partial charge is 0.124 e. The molecule has 1 aromatic heterocycles. The van der Waals surface area contributed by atoms with Crippen molar-refractivity contribution in [1.29, 1.82) is 0 Å². The molecule has 2 aromatic rings. The van der Waals surface area contributed by atoms with Gasteiger partial charge in [0, 0.05) is 19.6 Å². The van der Waals surface area contributed by atoms with Crippen molar-refractivity contribution in [3.63, 3.8) is 0 Å². The van der Waals surface area contributed by atoms with Gasteiger partial charge in [0.25, 0.3) is 0 Å². The third-order valence-electron chi connectivity index (χ3n) is 3.61.